The van der Waals surface area contributed by atoms with E-state index in [0.29, 0.717) is 59.7 Å². The maximum atomic E-state index is 15.3. The fourth-order valence-corrected chi connectivity index (χ4v) is 5.34. The summed E-state index contributed by atoms with van der Waals surface area (Å²) in [6.45, 7) is 3.97. The molecular weight excluding hydrogens is 552 g/mol. The number of piperidine rings is 1. The first-order valence-electron chi connectivity index (χ1n) is 14.1. The number of amides is 1. The molecule has 0 saturated carbocycles. The lowest BCUT2D eigenvalue weighted by molar-refractivity contribution is 0.0692. The molecule has 0 atom stereocenters. The van der Waals surface area contributed by atoms with Gasteiger partial charge in [0.15, 0.2) is 23.0 Å². The van der Waals surface area contributed by atoms with Crippen molar-refractivity contribution in [3.63, 3.8) is 0 Å². The number of hydrogen-bond donors (Lipinski definition) is 2. The summed E-state index contributed by atoms with van der Waals surface area (Å²) in [7, 11) is 0. The highest BCUT2D eigenvalue weighted by atomic mass is 19.2. The summed E-state index contributed by atoms with van der Waals surface area (Å²) in [5.74, 6) is -1.43. The van der Waals surface area contributed by atoms with Crippen molar-refractivity contribution in [1.29, 1.82) is 0 Å². The molecule has 220 valence electrons. The van der Waals surface area contributed by atoms with Crippen molar-refractivity contribution < 1.29 is 18.3 Å². The van der Waals surface area contributed by atoms with Crippen LogP contribution in [-0.4, -0.2) is 49.8 Å². The number of hydrogen-bond acceptors (Lipinski definition) is 7. The minimum atomic E-state index is -1.09. The SMILES string of the molecule is Cc1cc(Nc2nccn3c(-c4ccc(OCc5ccccn5)c(F)c4F)cnc23)ccc1C(=O)N1CCC(CN)CC1. The Morgan fingerprint density at radius 3 is 2.63 bits per heavy atom. The second-order valence-corrected chi connectivity index (χ2v) is 10.6. The van der Waals surface area contributed by atoms with Gasteiger partial charge in [-0.25, -0.2) is 14.4 Å². The number of nitrogens with one attached hydrogen (secondary N) is 1. The highest BCUT2D eigenvalue weighted by molar-refractivity contribution is 5.96. The molecule has 3 aromatic heterocycles. The number of ether oxygens (including phenoxy) is 1. The summed E-state index contributed by atoms with van der Waals surface area (Å²) in [5, 5.41) is 3.25. The van der Waals surface area contributed by atoms with Gasteiger partial charge in [0.05, 0.1) is 17.6 Å². The quantitative estimate of drug-likeness (QED) is 0.248. The Hall–Kier alpha value is -4.90. The van der Waals surface area contributed by atoms with E-state index in [9.17, 15) is 9.18 Å². The van der Waals surface area contributed by atoms with Gasteiger partial charge in [-0.3, -0.25) is 14.2 Å². The highest BCUT2D eigenvalue weighted by Gasteiger charge is 2.24. The molecule has 1 amide bonds. The number of benzene rings is 2. The summed E-state index contributed by atoms with van der Waals surface area (Å²) >= 11 is 0. The predicted octanol–water partition coefficient (Wildman–Crippen LogP) is 5.51. The number of rotatable bonds is 8. The molecule has 1 fully saturated rings. The molecule has 0 spiro atoms. The van der Waals surface area contributed by atoms with E-state index in [1.54, 1.807) is 41.2 Å². The van der Waals surface area contributed by atoms with Crippen LogP contribution in [0.25, 0.3) is 16.9 Å². The molecule has 1 aliphatic rings. The number of likely N-dealkylation sites (tertiary alicyclic amines) is 1. The molecule has 6 rings (SSSR count). The summed E-state index contributed by atoms with van der Waals surface area (Å²) in [4.78, 5) is 28.0. The molecule has 1 aliphatic heterocycles. The number of fused-ring (bicyclic) bond motifs is 1. The number of nitrogens with two attached hydrogens (primary N) is 1. The van der Waals surface area contributed by atoms with Crippen molar-refractivity contribution in [3.05, 3.63) is 102 Å². The Morgan fingerprint density at radius 1 is 1.05 bits per heavy atom. The molecule has 5 aromatic rings. The van der Waals surface area contributed by atoms with Crippen molar-refractivity contribution in [2.75, 3.05) is 25.0 Å². The van der Waals surface area contributed by atoms with Crippen molar-refractivity contribution >= 4 is 23.1 Å². The van der Waals surface area contributed by atoms with Crippen LogP contribution in [0, 0.1) is 24.5 Å². The largest absolute Gasteiger partial charge is 0.484 e. The molecule has 0 bridgehead atoms. The lowest BCUT2D eigenvalue weighted by Gasteiger charge is -2.31. The predicted molar refractivity (Wildman–Crippen MR) is 159 cm³/mol. The lowest BCUT2D eigenvalue weighted by atomic mass is 9.96. The van der Waals surface area contributed by atoms with E-state index in [0.717, 1.165) is 18.4 Å². The van der Waals surface area contributed by atoms with Gasteiger partial charge in [0.25, 0.3) is 5.91 Å². The van der Waals surface area contributed by atoms with Crippen LogP contribution in [0.1, 0.15) is 34.5 Å². The van der Waals surface area contributed by atoms with Gasteiger partial charge in [-0.2, -0.15) is 4.39 Å². The van der Waals surface area contributed by atoms with Crippen molar-refractivity contribution in [1.82, 2.24) is 24.3 Å². The zero-order chi connectivity index (χ0) is 29.9. The van der Waals surface area contributed by atoms with Crippen LogP contribution in [0.3, 0.4) is 0 Å². The Bertz CT molecular complexity index is 1770. The Kier molecular flexibility index (Phi) is 7.97. The first-order chi connectivity index (χ1) is 20.9. The monoisotopic (exact) mass is 583 g/mol. The standard InChI is InChI=1S/C32H31F2N7O2/c1-20-16-22(5-6-24(20)32(42)40-13-9-21(17-35)10-14-40)39-30-31-38-18-26(41(31)15-12-37-30)25-7-8-27(29(34)28(25)33)43-19-23-4-2-3-11-36-23/h2-8,11-12,15-16,18,21H,9-10,13-14,17,19,35H2,1H3,(H,37,39). The zero-order valence-corrected chi connectivity index (χ0v) is 23.6. The van der Waals surface area contributed by atoms with Gasteiger partial charge >= 0.3 is 0 Å². The zero-order valence-electron chi connectivity index (χ0n) is 23.6. The van der Waals surface area contributed by atoms with Gasteiger partial charge in [-0.05, 0) is 80.3 Å². The second kappa shape index (κ2) is 12.1. The molecule has 0 radical (unpaired) electrons. The van der Waals surface area contributed by atoms with Crippen molar-refractivity contribution in [2.24, 2.45) is 11.7 Å². The van der Waals surface area contributed by atoms with E-state index < -0.39 is 11.6 Å². The minimum Gasteiger partial charge on any atom is -0.484 e. The van der Waals surface area contributed by atoms with E-state index in [1.807, 2.05) is 30.0 Å². The van der Waals surface area contributed by atoms with Crippen LogP contribution in [0.5, 0.6) is 5.75 Å². The van der Waals surface area contributed by atoms with E-state index in [-0.39, 0.29) is 23.8 Å². The van der Waals surface area contributed by atoms with E-state index >= 15 is 4.39 Å². The van der Waals surface area contributed by atoms with Gasteiger partial charge < -0.3 is 20.7 Å². The molecule has 2 aromatic carbocycles. The van der Waals surface area contributed by atoms with E-state index in [4.69, 9.17) is 10.5 Å². The third kappa shape index (κ3) is 5.76. The lowest BCUT2D eigenvalue weighted by Crippen LogP contribution is -2.40. The summed E-state index contributed by atoms with van der Waals surface area (Å²) < 4.78 is 37.4. The topological polar surface area (TPSA) is 111 Å². The summed E-state index contributed by atoms with van der Waals surface area (Å²) in [5.41, 5.74) is 9.39. The molecule has 9 nitrogen and oxygen atoms in total. The molecule has 43 heavy (non-hydrogen) atoms. The van der Waals surface area contributed by atoms with E-state index in [1.165, 1.54) is 18.3 Å². The number of carbonyl (C=O) groups excluding carboxylic acids is 1. The van der Waals surface area contributed by atoms with Crippen molar-refractivity contribution in [3.8, 4) is 17.0 Å². The Morgan fingerprint density at radius 2 is 1.88 bits per heavy atom. The number of imidazole rings is 1. The number of halogens is 2. The molecule has 0 aliphatic carbocycles. The average molecular weight is 584 g/mol. The van der Waals surface area contributed by atoms with Crippen LogP contribution < -0.4 is 15.8 Å². The first kappa shape index (κ1) is 28.2. The molecule has 3 N–H and O–H groups in total. The second-order valence-electron chi connectivity index (χ2n) is 10.6. The van der Waals surface area contributed by atoms with Gasteiger partial charge in [0, 0.05) is 48.5 Å². The molecule has 1 saturated heterocycles. The number of pyridine rings is 1. The van der Waals surface area contributed by atoms with Crippen molar-refractivity contribution in [2.45, 2.75) is 26.4 Å². The maximum absolute atomic E-state index is 15.3. The summed E-state index contributed by atoms with van der Waals surface area (Å²) in [6.07, 6.45) is 8.09. The van der Waals surface area contributed by atoms with Crippen LogP contribution in [0.2, 0.25) is 0 Å². The third-order valence-electron chi connectivity index (χ3n) is 7.81. The average Bonchev–Trinajstić information content (AvgIpc) is 3.47. The number of carbonyl (C=O) groups is 1. The fraction of sp³-hybridized carbons (Fsp3) is 0.250. The molecule has 0 unspecified atom stereocenters. The number of nitrogens with zero attached hydrogens (tertiary/aromatic N) is 5. The van der Waals surface area contributed by atoms with Crippen LogP contribution in [0.4, 0.5) is 20.3 Å². The van der Waals surface area contributed by atoms with E-state index in [2.05, 4.69) is 20.3 Å². The van der Waals surface area contributed by atoms with Crippen LogP contribution in [0.15, 0.2) is 73.3 Å². The van der Waals surface area contributed by atoms with Gasteiger partial charge in [-0.15, -0.1) is 0 Å². The minimum absolute atomic E-state index is 0.00887. The van der Waals surface area contributed by atoms with Gasteiger partial charge in [0.1, 0.15) is 6.61 Å². The highest BCUT2D eigenvalue weighted by Crippen LogP contribution is 2.32. The number of anilines is 2. The Balaban J connectivity index is 1.21. The first-order valence-corrected chi connectivity index (χ1v) is 14.1. The third-order valence-corrected chi connectivity index (χ3v) is 7.81. The summed E-state index contributed by atoms with van der Waals surface area (Å²) in [6, 6.07) is 13.7. The normalized spacial score (nSPS) is 13.8. The fourth-order valence-electron chi connectivity index (χ4n) is 5.34. The van der Waals surface area contributed by atoms with Gasteiger partial charge in [0.2, 0.25) is 5.82 Å². The molecule has 4 heterocycles. The maximum Gasteiger partial charge on any atom is 0.254 e. The smallest absolute Gasteiger partial charge is 0.254 e. The molecular formula is C32H31F2N7O2. The molecule has 11 heteroatoms. The Labute approximate surface area is 247 Å². The van der Waals surface area contributed by atoms with Gasteiger partial charge in [-0.1, -0.05) is 6.07 Å². The number of aromatic nitrogens is 4. The van der Waals surface area contributed by atoms with Crippen LogP contribution >= 0.6 is 0 Å². The number of aryl methyl sites for hydroxylation is 1. The van der Waals surface area contributed by atoms with Crippen LogP contribution in [-0.2, 0) is 6.61 Å².